The molecule has 2 aliphatic heterocycles. The van der Waals surface area contributed by atoms with E-state index < -0.39 is 27.5 Å². The van der Waals surface area contributed by atoms with Gasteiger partial charge in [0, 0.05) is 17.5 Å². The van der Waals surface area contributed by atoms with Crippen LogP contribution in [0.2, 0.25) is 0 Å². The van der Waals surface area contributed by atoms with Crippen molar-refractivity contribution in [1.29, 1.82) is 0 Å². The highest BCUT2D eigenvalue weighted by atomic mass is 32.2. The molecule has 2 aromatic carbocycles. The molecule has 2 aromatic rings. The Kier molecular flexibility index (Phi) is 5.41. The van der Waals surface area contributed by atoms with Gasteiger partial charge in [0.1, 0.15) is 33.3 Å². The van der Waals surface area contributed by atoms with E-state index in [2.05, 4.69) is 4.40 Å². The zero-order chi connectivity index (χ0) is 23.4. The van der Waals surface area contributed by atoms with Crippen molar-refractivity contribution < 1.29 is 23.3 Å². The Morgan fingerprint density at radius 1 is 1.22 bits per heavy atom. The van der Waals surface area contributed by atoms with Gasteiger partial charge < -0.3 is 9.29 Å². The molecule has 0 aliphatic carbocycles. The van der Waals surface area contributed by atoms with Gasteiger partial charge in [0.05, 0.1) is 23.4 Å². The quantitative estimate of drug-likeness (QED) is 0.394. The predicted octanol–water partition coefficient (Wildman–Crippen LogP) is 4.09. The number of imide groups is 1. The molecule has 2 heterocycles. The fourth-order valence-corrected chi connectivity index (χ4v) is 4.59. The lowest BCUT2D eigenvalue weighted by Gasteiger charge is -2.28. The minimum absolute atomic E-state index is 0.0270. The monoisotopic (exact) mass is 456 g/mol. The first kappa shape index (κ1) is 22.5. The smallest absolute Gasteiger partial charge is 0.261 e. The molecule has 2 unspecified atom stereocenters. The summed E-state index contributed by atoms with van der Waals surface area (Å²) in [6.07, 6.45) is 0.316. The average Bonchev–Trinajstić information content (AvgIpc) is 3.16. The van der Waals surface area contributed by atoms with Gasteiger partial charge >= 0.3 is 0 Å². The number of hydrogen-bond donors (Lipinski definition) is 0. The van der Waals surface area contributed by atoms with Crippen LogP contribution in [0.15, 0.2) is 40.8 Å². The maximum atomic E-state index is 14.4. The average molecular weight is 457 g/mol. The van der Waals surface area contributed by atoms with Gasteiger partial charge in [-0.05, 0) is 58.9 Å². The molecule has 0 saturated heterocycles. The second kappa shape index (κ2) is 7.71. The molecule has 2 amide bonds. The molecular weight excluding hydrogens is 431 g/mol. The van der Waals surface area contributed by atoms with E-state index in [1.54, 1.807) is 38.1 Å². The molecule has 0 N–H and O–H groups in total. The van der Waals surface area contributed by atoms with E-state index in [0.717, 1.165) is 0 Å². The van der Waals surface area contributed by atoms with Crippen LogP contribution in [0.25, 0.3) is 0 Å². The normalized spacial score (nSPS) is 21.5. The van der Waals surface area contributed by atoms with Crippen LogP contribution in [-0.2, 0) is 17.8 Å². The first-order valence-corrected chi connectivity index (χ1v) is 11.4. The highest BCUT2D eigenvalue weighted by Gasteiger charge is 2.44. The van der Waals surface area contributed by atoms with Gasteiger partial charge in [0.15, 0.2) is 0 Å². The van der Waals surface area contributed by atoms with Gasteiger partial charge in [-0.3, -0.25) is 14.5 Å². The van der Waals surface area contributed by atoms with Gasteiger partial charge in [-0.25, -0.2) is 4.39 Å². The van der Waals surface area contributed by atoms with Crippen LogP contribution in [0.3, 0.4) is 0 Å². The van der Waals surface area contributed by atoms with Gasteiger partial charge in [-0.15, -0.1) is 0 Å². The summed E-state index contributed by atoms with van der Waals surface area (Å²) >= 11 is -1.51. The van der Waals surface area contributed by atoms with E-state index in [4.69, 9.17) is 4.74 Å². The van der Waals surface area contributed by atoms with Crippen LogP contribution in [-0.4, -0.2) is 43.9 Å². The van der Waals surface area contributed by atoms with Crippen LogP contribution in [0.4, 0.5) is 4.39 Å². The molecule has 8 heteroatoms. The molecule has 6 nitrogen and oxygen atoms in total. The number of carbonyl (C=O) groups is 2. The summed E-state index contributed by atoms with van der Waals surface area (Å²) in [7, 11) is 0. The van der Waals surface area contributed by atoms with Crippen molar-refractivity contribution in [3.63, 3.8) is 0 Å². The number of fused-ring (bicyclic) bond motifs is 2. The number of amides is 2. The number of hydrogen-bond acceptors (Lipinski definition) is 5. The lowest BCUT2D eigenvalue weighted by molar-refractivity contribution is 0.0419. The summed E-state index contributed by atoms with van der Waals surface area (Å²) in [6, 6.07) is 9.40. The van der Waals surface area contributed by atoms with Gasteiger partial charge in [0.25, 0.3) is 11.8 Å². The zero-order valence-corrected chi connectivity index (χ0v) is 19.5. The van der Waals surface area contributed by atoms with Gasteiger partial charge in [0.2, 0.25) is 0 Å². The molecule has 0 bridgehead atoms. The fraction of sp³-hybridized carbons (Fsp3) is 0.375. The minimum atomic E-state index is -1.51. The number of rotatable bonds is 4. The summed E-state index contributed by atoms with van der Waals surface area (Å²) in [5.41, 5.74) is 1.26. The molecule has 0 saturated carbocycles. The van der Waals surface area contributed by atoms with Crippen LogP contribution < -0.4 is 4.74 Å². The van der Waals surface area contributed by atoms with E-state index in [9.17, 15) is 18.5 Å². The maximum Gasteiger partial charge on any atom is 0.261 e. The van der Waals surface area contributed by atoms with Crippen LogP contribution >= 0.6 is 0 Å². The van der Waals surface area contributed by atoms with Gasteiger partial charge in [-0.1, -0.05) is 16.5 Å². The Bertz CT molecular complexity index is 1120. The largest absolute Gasteiger partial charge is 0.591 e. The fourth-order valence-electron chi connectivity index (χ4n) is 3.97. The van der Waals surface area contributed by atoms with E-state index in [1.807, 2.05) is 20.8 Å². The van der Waals surface area contributed by atoms with Crippen molar-refractivity contribution in [2.24, 2.45) is 4.40 Å². The zero-order valence-electron chi connectivity index (χ0n) is 18.7. The Balaban J connectivity index is 1.63. The molecule has 0 fully saturated rings. The summed E-state index contributed by atoms with van der Waals surface area (Å²) < 4.78 is 36.8. The first-order chi connectivity index (χ1) is 14.9. The van der Waals surface area contributed by atoms with Crippen molar-refractivity contribution in [2.45, 2.75) is 51.4 Å². The second-order valence-electron chi connectivity index (χ2n) is 9.45. The van der Waals surface area contributed by atoms with Crippen LogP contribution in [0, 0.1) is 5.82 Å². The van der Waals surface area contributed by atoms with E-state index in [1.165, 1.54) is 17.0 Å². The summed E-state index contributed by atoms with van der Waals surface area (Å²) in [5.74, 6) is -0.742. The predicted molar refractivity (Wildman–Crippen MR) is 121 cm³/mol. The Morgan fingerprint density at radius 2 is 1.81 bits per heavy atom. The Labute approximate surface area is 189 Å². The van der Waals surface area contributed by atoms with Crippen molar-refractivity contribution in [3.05, 3.63) is 64.5 Å². The van der Waals surface area contributed by atoms with E-state index >= 15 is 0 Å². The number of nitrogens with zero attached hydrogens (tertiary/aromatic N) is 2. The molecule has 0 aromatic heterocycles. The second-order valence-corrected chi connectivity index (χ2v) is 11.4. The van der Waals surface area contributed by atoms with E-state index in [-0.39, 0.29) is 18.4 Å². The molecule has 0 spiro atoms. The molecule has 2 atom stereocenters. The molecular formula is C24H25FN2O4S. The first-order valence-electron chi connectivity index (χ1n) is 10.3. The molecule has 4 rings (SSSR count). The third kappa shape index (κ3) is 3.93. The van der Waals surface area contributed by atoms with Crippen molar-refractivity contribution in [1.82, 2.24) is 4.90 Å². The summed E-state index contributed by atoms with van der Waals surface area (Å²) in [6.45, 7) is 8.92. The lowest BCUT2D eigenvalue weighted by atomic mass is 9.97. The third-order valence-corrected chi connectivity index (χ3v) is 7.04. The van der Waals surface area contributed by atoms with Crippen molar-refractivity contribution in [3.8, 4) is 5.75 Å². The van der Waals surface area contributed by atoms with Crippen molar-refractivity contribution in [2.75, 3.05) is 6.54 Å². The van der Waals surface area contributed by atoms with E-state index in [0.29, 0.717) is 40.1 Å². The number of halogens is 1. The maximum absolute atomic E-state index is 14.4. The Morgan fingerprint density at radius 3 is 2.38 bits per heavy atom. The third-order valence-electron chi connectivity index (χ3n) is 5.55. The standard InChI is InChI=1S/C24H25FN2O4S/c1-14(26-32(30)23(2,3)4)19-11-16(25)10-15-12-24(5,31-20(15)19)13-27-21(28)17-8-6-7-9-18(17)22(27)29/h6-11H,12-13H2,1-5H3. The number of ether oxygens (including phenoxy) is 1. The highest BCUT2D eigenvalue weighted by Crippen LogP contribution is 2.40. The van der Waals surface area contributed by atoms with Gasteiger partial charge in [-0.2, -0.15) is 0 Å². The van der Waals surface area contributed by atoms with Crippen LogP contribution in [0.5, 0.6) is 5.75 Å². The highest BCUT2D eigenvalue weighted by molar-refractivity contribution is 7.91. The molecule has 0 radical (unpaired) electrons. The number of carbonyl (C=O) groups excluding carboxylic acids is 2. The summed E-state index contributed by atoms with van der Waals surface area (Å²) in [5, 5.41) is 0. The minimum Gasteiger partial charge on any atom is -0.591 e. The molecule has 2 aliphatic rings. The Hall–Kier alpha value is -2.71. The topological polar surface area (TPSA) is 82.0 Å². The molecule has 168 valence electrons. The number of benzene rings is 2. The van der Waals surface area contributed by atoms with Crippen LogP contribution in [0.1, 0.15) is 66.5 Å². The molecule has 32 heavy (non-hydrogen) atoms. The lowest BCUT2D eigenvalue weighted by Crippen LogP contribution is -2.46. The SMILES string of the molecule is CC(=N[S+]([O-])C(C)(C)C)c1cc(F)cc2c1OC(C)(CN1C(=O)c3ccccc3C1=O)C2. The van der Waals surface area contributed by atoms with Crippen molar-refractivity contribution >= 4 is 28.9 Å². The summed E-state index contributed by atoms with van der Waals surface area (Å²) in [4.78, 5) is 26.8.